The van der Waals surface area contributed by atoms with Crippen molar-refractivity contribution in [2.24, 2.45) is 0 Å². The molecule has 3 aliphatic carbocycles. The third kappa shape index (κ3) is 13.6. The Kier molecular flexibility index (Phi) is 19.2. The van der Waals surface area contributed by atoms with Crippen LogP contribution in [0.3, 0.4) is 0 Å². The highest BCUT2D eigenvalue weighted by Crippen LogP contribution is 2.52. The third-order valence-electron chi connectivity index (χ3n) is 29.3. The summed E-state index contributed by atoms with van der Waals surface area (Å²) in [5.74, 6) is 0. The van der Waals surface area contributed by atoms with Crippen LogP contribution >= 0.6 is 0 Å². The van der Waals surface area contributed by atoms with Crippen LogP contribution in [0.15, 0.2) is 449 Å². The van der Waals surface area contributed by atoms with Gasteiger partial charge in [-0.2, -0.15) is 0 Å². The number of hydrogen-bond donors (Lipinski definition) is 0. The summed E-state index contributed by atoms with van der Waals surface area (Å²) in [5, 5.41) is 23.6. The van der Waals surface area contributed by atoms with Gasteiger partial charge < -0.3 is 0 Å². The normalized spacial score (nSPS) is 12.1. The number of hydrogen-bond acceptors (Lipinski definition) is 0. The quantitative estimate of drug-likeness (QED) is 0.126. The molecule has 0 saturated carbocycles. The number of rotatable bonds is 9. The highest BCUT2D eigenvalue weighted by Gasteiger charge is 2.29. The van der Waals surface area contributed by atoms with Crippen LogP contribution in [0.25, 0.3) is 230 Å². The summed E-state index contributed by atoms with van der Waals surface area (Å²) in [6, 6.07) is 167. The summed E-state index contributed by atoms with van der Waals surface area (Å²) >= 11 is 0. The first-order valence-corrected chi connectivity index (χ1v) is 46.9. The first kappa shape index (κ1) is 78.8. The van der Waals surface area contributed by atoms with Crippen LogP contribution in [-0.2, 0) is 19.3 Å². The SMILES string of the molecule is Cc1ccc(-c2cccc3c2Cc2c(-c4cccc(-c5ccc6c7ccccc7c7ccccc7c6c5)c4)cccc2-3)cc1.Cc1ccc(-c2cccc3c2Cc2c(-c4cccc(-c5ccc6c7ccccc7c7ccccc7c6c5)c4)cccc2-3)cc1C.Cc1cccc(-c2cccc3c2Cc2c(-c4cccc(-c5ccc6c7ccccc7c7ccccc7c6c5)c4)cccc2-3)c1. The largest absolute Gasteiger partial charge is 0.0616 e. The molecule has 0 aliphatic heterocycles. The molecule has 3 aliphatic rings. The molecule has 0 N–H and O–H groups in total. The lowest BCUT2D eigenvalue weighted by Gasteiger charge is -2.13. The standard InChI is InChI=1S/C45H32.2C44H30/c1-28-20-21-33(24-29(28)2)35-17-9-19-41-40-18-8-16-34(44(40)27-45(35)41)32-11-7-10-30(25-32)31-22-23-42-38-14-4-3-12-36(38)37-13-5-6-15-39(37)43(42)26-31;1-28-10-6-12-31(24-28)33-18-8-20-39-40-21-9-19-34(44(40)27-43(33)39)32-13-7-11-29(25-32)30-22-23-41-37-16-3-2-14-35(37)36-15-4-5-17-38(36)42(41)26-30;1-28-19-21-29(22-20-28)33-15-7-17-39-40-18-8-16-34(44(40)27-43(33)39)32-10-6-9-30(25-32)31-23-24-41-37-13-3-2-11-35(37)36-12-4-5-14-38(36)42(41)26-31/h3-26H,27H2,1-2H3;2*2-26H,27H2,1H3. The van der Waals surface area contributed by atoms with Crippen molar-refractivity contribution in [3.8, 4) is 134 Å². The molecule has 0 amide bonds. The molecule has 0 heteroatoms. The summed E-state index contributed by atoms with van der Waals surface area (Å²) in [7, 11) is 0. The highest BCUT2D eigenvalue weighted by atomic mass is 14.3. The number of aryl methyl sites for hydroxylation is 4. The summed E-state index contributed by atoms with van der Waals surface area (Å²) in [5.41, 5.74) is 45.3. The van der Waals surface area contributed by atoms with Gasteiger partial charge in [0.1, 0.15) is 0 Å². The van der Waals surface area contributed by atoms with Gasteiger partial charge in [0.25, 0.3) is 0 Å². The number of fused-ring (bicyclic) bond motifs is 27. The molecule has 27 rings (SSSR count). The van der Waals surface area contributed by atoms with E-state index in [9.17, 15) is 0 Å². The van der Waals surface area contributed by atoms with Crippen molar-refractivity contribution in [2.45, 2.75) is 47.0 Å². The van der Waals surface area contributed by atoms with Crippen molar-refractivity contribution >= 4 is 97.0 Å². The minimum absolute atomic E-state index is 0.948. The van der Waals surface area contributed by atoms with Crippen molar-refractivity contribution in [3.63, 3.8) is 0 Å². The van der Waals surface area contributed by atoms with E-state index in [1.54, 1.807) is 0 Å². The van der Waals surface area contributed by atoms with Gasteiger partial charge in [0.05, 0.1) is 0 Å². The Bertz CT molecular complexity index is 8850. The molecule has 0 bridgehead atoms. The molecule has 0 radical (unpaired) electrons. The highest BCUT2D eigenvalue weighted by molar-refractivity contribution is 6.28. The van der Waals surface area contributed by atoms with Gasteiger partial charge in [0.2, 0.25) is 0 Å². The maximum atomic E-state index is 2.39. The van der Waals surface area contributed by atoms with Gasteiger partial charge in [-0.05, 0) is 358 Å². The Hall–Kier alpha value is -16.4. The number of benzene rings is 24. The lowest BCUT2D eigenvalue weighted by atomic mass is 9.90. The smallest absolute Gasteiger partial charge is 0.000112 e. The van der Waals surface area contributed by atoms with Crippen molar-refractivity contribution in [3.05, 3.63) is 505 Å². The van der Waals surface area contributed by atoms with E-state index >= 15 is 0 Å². The Morgan fingerprint density at radius 1 is 0.113 bits per heavy atom. The molecule has 0 aromatic heterocycles. The van der Waals surface area contributed by atoms with Crippen LogP contribution in [0.1, 0.15) is 55.6 Å². The van der Waals surface area contributed by atoms with E-state index in [2.05, 4.69) is 477 Å². The second kappa shape index (κ2) is 32.4. The molecular weight excluding hydrogens is 1600 g/mol. The van der Waals surface area contributed by atoms with Gasteiger partial charge in [-0.1, -0.05) is 424 Å². The van der Waals surface area contributed by atoms with Crippen molar-refractivity contribution in [1.29, 1.82) is 0 Å². The van der Waals surface area contributed by atoms with Gasteiger partial charge in [-0.25, -0.2) is 0 Å². The minimum Gasteiger partial charge on any atom is -0.0616 e. The molecule has 24 aromatic rings. The van der Waals surface area contributed by atoms with Crippen LogP contribution < -0.4 is 0 Å². The second-order valence-electron chi connectivity index (χ2n) is 36.9. The average molecular weight is 1690 g/mol. The zero-order valence-electron chi connectivity index (χ0n) is 74.8. The lowest BCUT2D eigenvalue weighted by molar-refractivity contribution is 1.26. The summed E-state index contributed by atoms with van der Waals surface area (Å²) in [6.45, 7) is 8.72. The first-order chi connectivity index (χ1) is 65.6. The van der Waals surface area contributed by atoms with E-state index < -0.39 is 0 Å². The molecule has 0 fully saturated rings. The maximum absolute atomic E-state index is 2.39. The zero-order chi connectivity index (χ0) is 88.5. The zero-order valence-corrected chi connectivity index (χ0v) is 74.8. The van der Waals surface area contributed by atoms with Gasteiger partial charge in [0, 0.05) is 0 Å². The molecule has 0 unspecified atom stereocenters. The summed E-state index contributed by atoms with van der Waals surface area (Å²) in [6.07, 6.45) is 2.84. The van der Waals surface area contributed by atoms with Gasteiger partial charge in [-0.3, -0.25) is 0 Å². The molecule has 0 saturated heterocycles. The first-order valence-electron chi connectivity index (χ1n) is 46.9. The maximum Gasteiger partial charge on any atom is -0.000112 e. The second-order valence-corrected chi connectivity index (χ2v) is 36.9. The van der Waals surface area contributed by atoms with Crippen LogP contribution in [0.2, 0.25) is 0 Å². The van der Waals surface area contributed by atoms with E-state index in [-0.39, 0.29) is 0 Å². The van der Waals surface area contributed by atoms with Crippen molar-refractivity contribution < 1.29 is 0 Å². The molecule has 0 heterocycles. The van der Waals surface area contributed by atoms with E-state index in [1.165, 1.54) is 286 Å². The van der Waals surface area contributed by atoms with Gasteiger partial charge in [0.15, 0.2) is 0 Å². The fourth-order valence-corrected chi connectivity index (χ4v) is 22.6. The predicted molar refractivity (Wildman–Crippen MR) is 569 cm³/mol. The van der Waals surface area contributed by atoms with Gasteiger partial charge in [-0.15, -0.1) is 0 Å². The lowest BCUT2D eigenvalue weighted by Crippen LogP contribution is -1.91. The van der Waals surface area contributed by atoms with Crippen LogP contribution in [-0.4, -0.2) is 0 Å². The predicted octanol–water partition coefficient (Wildman–Crippen LogP) is 36.4. The fourth-order valence-electron chi connectivity index (χ4n) is 22.6. The molecule has 133 heavy (non-hydrogen) atoms. The molecule has 0 spiro atoms. The molecule has 624 valence electrons. The Labute approximate surface area is 776 Å². The van der Waals surface area contributed by atoms with Gasteiger partial charge >= 0.3 is 0 Å². The monoisotopic (exact) mass is 1690 g/mol. The summed E-state index contributed by atoms with van der Waals surface area (Å²) < 4.78 is 0. The van der Waals surface area contributed by atoms with Crippen LogP contribution in [0, 0.1) is 27.7 Å². The average Bonchev–Trinajstić information content (AvgIpc) is 1.75. The third-order valence-corrected chi connectivity index (χ3v) is 29.3. The van der Waals surface area contributed by atoms with Crippen LogP contribution in [0.5, 0.6) is 0 Å². The Morgan fingerprint density at radius 3 is 0.594 bits per heavy atom. The van der Waals surface area contributed by atoms with E-state index in [0.29, 0.717) is 0 Å². The van der Waals surface area contributed by atoms with Crippen molar-refractivity contribution in [1.82, 2.24) is 0 Å². The molecular formula is C133H92. The molecule has 24 aromatic carbocycles. The van der Waals surface area contributed by atoms with E-state index in [4.69, 9.17) is 0 Å². The fraction of sp³-hybridized carbons (Fsp3) is 0.0526. The molecule has 0 nitrogen and oxygen atoms in total. The Balaban J connectivity index is 0.000000107. The molecule has 0 atom stereocenters. The van der Waals surface area contributed by atoms with Crippen molar-refractivity contribution in [2.75, 3.05) is 0 Å². The Morgan fingerprint density at radius 2 is 0.316 bits per heavy atom. The minimum atomic E-state index is 0.948. The summed E-state index contributed by atoms with van der Waals surface area (Å²) in [4.78, 5) is 0. The van der Waals surface area contributed by atoms with Crippen LogP contribution in [0.4, 0.5) is 0 Å². The van der Waals surface area contributed by atoms with E-state index in [1.807, 2.05) is 0 Å². The van der Waals surface area contributed by atoms with E-state index in [0.717, 1.165) is 19.3 Å². The topological polar surface area (TPSA) is 0 Å².